The lowest BCUT2D eigenvalue weighted by molar-refractivity contribution is -0.137. The van der Waals surface area contributed by atoms with Gasteiger partial charge in [-0.1, -0.05) is 6.07 Å². The van der Waals surface area contributed by atoms with Crippen molar-refractivity contribution in [3.8, 4) is 0 Å². The number of sulfonamides is 1. The van der Waals surface area contributed by atoms with Gasteiger partial charge >= 0.3 is 6.18 Å². The van der Waals surface area contributed by atoms with Gasteiger partial charge in [0.15, 0.2) is 5.65 Å². The zero-order chi connectivity index (χ0) is 24.0. The van der Waals surface area contributed by atoms with Crippen molar-refractivity contribution in [3.63, 3.8) is 0 Å². The number of rotatable bonds is 4. The van der Waals surface area contributed by atoms with Gasteiger partial charge in [-0.15, -0.1) is 0 Å². The highest BCUT2D eigenvalue weighted by Gasteiger charge is 2.34. The smallest absolute Gasteiger partial charge is 0.338 e. The predicted octanol–water partition coefficient (Wildman–Crippen LogP) is 0.682. The van der Waals surface area contributed by atoms with E-state index in [-0.39, 0.29) is 38.1 Å². The molecule has 10 nitrogen and oxygen atoms in total. The fraction of sp³-hybridized carbons (Fsp3) is 0.368. The number of hydrogen-bond donors (Lipinski definition) is 0. The molecule has 1 aliphatic rings. The average Bonchev–Trinajstić information content (AvgIpc) is 3.16. The largest absolute Gasteiger partial charge is 0.416 e. The van der Waals surface area contributed by atoms with Crippen molar-refractivity contribution < 1.29 is 26.4 Å². The van der Waals surface area contributed by atoms with Gasteiger partial charge in [0, 0.05) is 33.2 Å². The first-order valence-electron chi connectivity index (χ1n) is 9.81. The Bertz CT molecular complexity index is 1370. The van der Waals surface area contributed by atoms with Crippen molar-refractivity contribution in [2.24, 2.45) is 7.05 Å². The van der Waals surface area contributed by atoms with E-state index >= 15 is 0 Å². The third kappa shape index (κ3) is 4.35. The number of nitrogens with zero attached hydrogens (tertiary/aromatic N) is 6. The van der Waals surface area contributed by atoms with Crippen molar-refractivity contribution >= 4 is 27.0 Å². The van der Waals surface area contributed by atoms with Gasteiger partial charge in [-0.25, -0.2) is 13.4 Å². The third-order valence-corrected chi connectivity index (χ3v) is 7.31. The summed E-state index contributed by atoms with van der Waals surface area (Å²) in [5.41, 5.74) is -1.09. The SMILES string of the molecule is Cn1ncc2c(=O)n(CC(=O)N3CCN(S(=O)(=O)c4cccc(C(F)(F)F)c4)CC3)cnc21. The van der Waals surface area contributed by atoms with E-state index in [1.54, 1.807) is 7.05 Å². The molecule has 0 saturated carbocycles. The highest BCUT2D eigenvalue weighted by molar-refractivity contribution is 7.89. The van der Waals surface area contributed by atoms with Gasteiger partial charge in [0.2, 0.25) is 15.9 Å². The Labute approximate surface area is 185 Å². The Balaban J connectivity index is 1.44. The molecule has 1 amide bonds. The number of carbonyl (C=O) groups excluding carboxylic acids is 1. The van der Waals surface area contributed by atoms with Crippen LogP contribution in [0.1, 0.15) is 5.56 Å². The van der Waals surface area contributed by atoms with E-state index in [2.05, 4.69) is 10.1 Å². The summed E-state index contributed by atoms with van der Waals surface area (Å²) in [4.78, 5) is 30.3. The Morgan fingerprint density at radius 3 is 2.52 bits per heavy atom. The lowest BCUT2D eigenvalue weighted by Crippen LogP contribution is -2.51. The molecule has 0 bridgehead atoms. The van der Waals surface area contributed by atoms with E-state index in [0.29, 0.717) is 11.7 Å². The van der Waals surface area contributed by atoms with Crippen LogP contribution in [0.5, 0.6) is 0 Å². The second-order valence-corrected chi connectivity index (χ2v) is 9.43. The minimum atomic E-state index is -4.66. The van der Waals surface area contributed by atoms with Crippen LogP contribution in [0, 0.1) is 0 Å². The number of benzene rings is 1. The standard InChI is InChI=1S/C19H19F3N6O4S/c1-25-17-15(10-24-25)18(30)27(12-23-17)11-16(29)26-5-7-28(8-6-26)33(31,32)14-4-2-3-13(9-14)19(20,21)22/h2-4,9-10,12H,5-8,11H2,1H3. The number of hydrogen-bond acceptors (Lipinski definition) is 6. The van der Waals surface area contributed by atoms with Gasteiger partial charge < -0.3 is 4.90 Å². The summed E-state index contributed by atoms with van der Waals surface area (Å²) in [6.45, 7) is -0.377. The summed E-state index contributed by atoms with van der Waals surface area (Å²) in [7, 11) is -2.52. The summed E-state index contributed by atoms with van der Waals surface area (Å²) < 4.78 is 68.1. The van der Waals surface area contributed by atoms with Crippen molar-refractivity contribution in [1.82, 2.24) is 28.5 Å². The molecule has 2 aromatic heterocycles. The second-order valence-electron chi connectivity index (χ2n) is 7.49. The molecule has 0 aliphatic carbocycles. The van der Waals surface area contributed by atoms with Gasteiger partial charge in [-0.3, -0.25) is 18.8 Å². The lowest BCUT2D eigenvalue weighted by atomic mass is 10.2. The molecule has 3 heterocycles. The molecule has 4 rings (SSSR count). The van der Waals surface area contributed by atoms with Crippen molar-refractivity contribution in [2.75, 3.05) is 26.2 Å². The Hall–Kier alpha value is -3.26. The summed E-state index contributed by atoms with van der Waals surface area (Å²) in [6, 6.07) is 3.55. The van der Waals surface area contributed by atoms with Crippen LogP contribution in [0.25, 0.3) is 11.0 Å². The lowest BCUT2D eigenvalue weighted by Gasteiger charge is -2.34. The van der Waals surface area contributed by atoms with Crippen LogP contribution < -0.4 is 5.56 Å². The zero-order valence-corrected chi connectivity index (χ0v) is 18.2. The molecule has 1 aliphatic heterocycles. The van der Waals surface area contributed by atoms with Crippen LogP contribution in [-0.2, 0) is 34.6 Å². The third-order valence-electron chi connectivity index (χ3n) is 5.41. The van der Waals surface area contributed by atoms with Crippen LogP contribution in [0.2, 0.25) is 0 Å². The monoisotopic (exact) mass is 484 g/mol. The number of carbonyl (C=O) groups is 1. The van der Waals surface area contributed by atoms with Crippen molar-refractivity contribution in [3.05, 3.63) is 52.7 Å². The van der Waals surface area contributed by atoms with Gasteiger partial charge in [-0.05, 0) is 18.2 Å². The van der Waals surface area contributed by atoms with E-state index in [1.165, 1.54) is 22.1 Å². The van der Waals surface area contributed by atoms with Crippen molar-refractivity contribution in [2.45, 2.75) is 17.6 Å². The topological polar surface area (TPSA) is 110 Å². The maximum Gasteiger partial charge on any atom is 0.416 e. The van der Waals surface area contributed by atoms with Gasteiger partial charge in [-0.2, -0.15) is 22.6 Å². The number of fused-ring (bicyclic) bond motifs is 1. The first-order valence-corrected chi connectivity index (χ1v) is 11.2. The van der Waals surface area contributed by atoms with Crippen LogP contribution in [0.3, 0.4) is 0 Å². The van der Waals surface area contributed by atoms with Gasteiger partial charge in [0.05, 0.1) is 16.7 Å². The van der Waals surface area contributed by atoms with E-state index < -0.39 is 38.1 Å². The van der Waals surface area contributed by atoms with E-state index in [1.807, 2.05) is 0 Å². The molecule has 1 aromatic carbocycles. The first-order chi connectivity index (χ1) is 15.5. The molecule has 33 heavy (non-hydrogen) atoms. The first kappa shape index (κ1) is 22.9. The molecule has 1 fully saturated rings. The predicted molar refractivity (Wildman–Crippen MR) is 110 cm³/mol. The van der Waals surface area contributed by atoms with Crippen LogP contribution >= 0.6 is 0 Å². The minimum Gasteiger partial charge on any atom is -0.338 e. The summed E-state index contributed by atoms with van der Waals surface area (Å²) >= 11 is 0. The van der Waals surface area contributed by atoms with Crippen molar-refractivity contribution in [1.29, 1.82) is 0 Å². The minimum absolute atomic E-state index is 0.0361. The molecule has 14 heteroatoms. The van der Waals surface area contributed by atoms with Crippen LogP contribution in [0.15, 0.2) is 46.5 Å². The number of halogens is 3. The second kappa shape index (κ2) is 8.26. The molecule has 0 unspecified atom stereocenters. The fourth-order valence-electron chi connectivity index (χ4n) is 3.58. The van der Waals surface area contributed by atoms with E-state index in [0.717, 1.165) is 27.1 Å². The Morgan fingerprint density at radius 2 is 1.85 bits per heavy atom. The molecule has 0 radical (unpaired) electrons. The molecule has 0 atom stereocenters. The summed E-state index contributed by atoms with van der Waals surface area (Å²) in [5, 5.41) is 4.23. The van der Waals surface area contributed by atoms with Gasteiger partial charge in [0.25, 0.3) is 5.56 Å². The number of amides is 1. The number of alkyl halides is 3. The Kier molecular flexibility index (Phi) is 5.74. The van der Waals surface area contributed by atoms with E-state index in [4.69, 9.17) is 0 Å². The Morgan fingerprint density at radius 1 is 1.15 bits per heavy atom. The van der Waals surface area contributed by atoms with Gasteiger partial charge in [0.1, 0.15) is 18.3 Å². The number of aromatic nitrogens is 4. The number of piperazine rings is 1. The highest BCUT2D eigenvalue weighted by atomic mass is 32.2. The maximum absolute atomic E-state index is 12.9. The summed E-state index contributed by atoms with van der Waals surface area (Å²) in [6.07, 6.45) is -2.05. The highest BCUT2D eigenvalue weighted by Crippen LogP contribution is 2.31. The molecule has 0 spiro atoms. The average molecular weight is 484 g/mol. The molecular weight excluding hydrogens is 465 g/mol. The van der Waals surface area contributed by atoms with Crippen LogP contribution in [0.4, 0.5) is 13.2 Å². The zero-order valence-electron chi connectivity index (χ0n) is 17.4. The molecular formula is C19H19F3N6O4S. The maximum atomic E-state index is 12.9. The normalized spacial score (nSPS) is 15.8. The summed E-state index contributed by atoms with van der Waals surface area (Å²) in [5.74, 6) is -0.404. The van der Waals surface area contributed by atoms with E-state index in [9.17, 15) is 31.2 Å². The van der Waals surface area contributed by atoms with Crippen LogP contribution in [-0.4, -0.2) is 69.0 Å². The molecule has 176 valence electrons. The molecule has 0 N–H and O–H groups in total. The molecule has 3 aromatic rings. The number of aryl methyl sites for hydroxylation is 1. The fourth-order valence-corrected chi connectivity index (χ4v) is 5.05. The quantitative estimate of drug-likeness (QED) is 0.539. The molecule has 1 saturated heterocycles.